The molecule has 3 unspecified atom stereocenters. The minimum Gasteiger partial charge on any atom is -0.461 e. The van der Waals surface area contributed by atoms with E-state index >= 15 is 0 Å². The summed E-state index contributed by atoms with van der Waals surface area (Å²) in [5.41, 5.74) is 0. The van der Waals surface area contributed by atoms with Gasteiger partial charge in [-0.05, 0) is 24.7 Å². The van der Waals surface area contributed by atoms with Gasteiger partial charge in [0.15, 0.2) is 0 Å². The predicted molar refractivity (Wildman–Crippen MR) is 151 cm³/mol. The topological polar surface area (TPSA) is 99.6 Å². The molecule has 2 bridgehead atoms. The van der Waals surface area contributed by atoms with Crippen LogP contribution < -0.4 is 0 Å². The fourth-order valence-electron chi connectivity index (χ4n) is 7.17. The lowest BCUT2D eigenvalue weighted by atomic mass is 9.66. The molecular weight excluding hydrogens is 518 g/mol. The molecule has 1 spiro atoms. The molecule has 4 fully saturated rings. The van der Waals surface area contributed by atoms with Gasteiger partial charge >= 0.3 is 5.97 Å². The third kappa shape index (κ3) is 5.54. The number of fused-ring (bicyclic) bond motifs is 1. The average Bonchev–Trinajstić information content (AvgIpc) is 3.52. The first-order chi connectivity index (χ1) is 18.7. The number of carbonyl (C=O) groups excluding carboxylic acids is 3. The first-order valence-corrected chi connectivity index (χ1v) is 15.2. The van der Waals surface area contributed by atoms with Gasteiger partial charge in [0.2, 0.25) is 11.8 Å². The standard InChI is InChI=1S/C29H45N3O6S/c1-6-8-31(10-9-30-11-14-37-15-12-30)27(35)25-29-20(5)17-22(39-29)23(28(36)38-13-7-2)24(29)26(34)32(25)21(18-33)16-19(3)4/h6-7,19-25,33H,1-2,8-18H2,3-5H3/t20?,21-,22-,23+,24+,25?,29?/m1/s1. The number of amides is 2. The molecule has 4 saturated heterocycles. The number of esters is 1. The van der Waals surface area contributed by atoms with Crippen LogP contribution in [0.5, 0.6) is 0 Å². The Balaban J connectivity index is 1.71. The molecule has 0 radical (unpaired) electrons. The van der Waals surface area contributed by atoms with Crippen molar-refractivity contribution < 1.29 is 29.0 Å². The normalized spacial score (nSPS) is 32.8. The Morgan fingerprint density at radius 3 is 2.62 bits per heavy atom. The van der Waals surface area contributed by atoms with Gasteiger partial charge in [-0.3, -0.25) is 19.3 Å². The summed E-state index contributed by atoms with van der Waals surface area (Å²) in [5.74, 6) is -1.74. The largest absolute Gasteiger partial charge is 0.461 e. The number of aliphatic hydroxyl groups is 1. The second kappa shape index (κ2) is 12.7. The minimum absolute atomic E-state index is 0.0482. The van der Waals surface area contributed by atoms with Gasteiger partial charge in [-0.25, -0.2) is 0 Å². The third-order valence-electron chi connectivity index (χ3n) is 8.83. The Morgan fingerprint density at radius 2 is 2.00 bits per heavy atom. The lowest BCUT2D eigenvalue weighted by molar-refractivity contribution is -0.154. The first-order valence-electron chi connectivity index (χ1n) is 14.3. The van der Waals surface area contributed by atoms with Crippen LogP contribution in [0.1, 0.15) is 33.6 Å². The number of thioether (sulfide) groups is 1. The maximum absolute atomic E-state index is 14.6. The minimum atomic E-state index is -0.766. The maximum Gasteiger partial charge on any atom is 0.311 e. The summed E-state index contributed by atoms with van der Waals surface area (Å²) in [6.45, 7) is 18.2. The van der Waals surface area contributed by atoms with Crippen molar-refractivity contribution in [2.45, 2.75) is 55.7 Å². The lowest BCUT2D eigenvalue weighted by Gasteiger charge is -2.42. The van der Waals surface area contributed by atoms with E-state index in [1.54, 1.807) is 27.6 Å². The molecule has 0 aromatic rings. The zero-order valence-corrected chi connectivity index (χ0v) is 24.4. The Labute approximate surface area is 236 Å². The molecule has 4 rings (SSSR count). The number of hydrogen-bond acceptors (Lipinski definition) is 8. The molecule has 4 aliphatic heterocycles. The van der Waals surface area contributed by atoms with E-state index in [-0.39, 0.29) is 42.1 Å². The number of nitrogens with zero attached hydrogens (tertiary/aromatic N) is 3. The van der Waals surface area contributed by atoms with Crippen LogP contribution in [0.25, 0.3) is 0 Å². The Kier molecular flexibility index (Phi) is 9.83. The Bertz CT molecular complexity index is 940. The van der Waals surface area contributed by atoms with Crippen LogP contribution >= 0.6 is 11.8 Å². The molecule has 4 heterocycles. The van der Waals surface area contributed by atoms with Crippen LogP contribution in [0, 0.1) is 23.7 Å². The van der Waals surface area contributed by atoms with Gasteiger partial charge in [0.05, 0.1) is 42.4 Å². The lowest BCUT2D eigenvalue weighted by Crippen LogP contribution is -2.60. The summed E-state index contributed by atoms with van der Waals surface area (Å²) in [6.07, 6.45) is 4.56. The Hall–Kier alpha value is -1.88. The van der Waals surface area contributed by atoms with Gasteiger partial charge in [-0.2, -0.15) is 0 Å². The van der Waals surface area contributed by atoms with Crippen LogP contribution in [0.4, 0.5) is 0 Å². The molecule has 39 heavy (non-hydrogen) atoms. The SMILES string of the molecule is C=CCOC(=O)[C@@H]1[C@H]2C(=O)N([C@@H](CO)CC(C)C)C(C(=O)N(CC=C)CCN3CCOCC3)C23S[C@@H]1CC3C. The molecule has 0 aromatic heterocycles. The van der Waals surface area contributed by atoms with Crippen molar-refractivity contribution in [3.63, 3.8) is 0 Å². The summed E-state index contributed by atoms with van der Waals surface area (Å²) in [6, 6.07) is -1.27. The number of carbonyl (C=O) groups is 3. The number of rotatable bonds is 13. The molecule has 7 atom stereocenters. The zero-order valence-electron chi connectivity index (χ0n) is 23.6. The van der Waals surface area contributed by atoms with E-state index in [0.717, 1.165) is 19.5 Å². The van der Waals surface area contributed by atoms with Crippen LogP contribution in [-0.4, -0.2) is 119 Å². The smallest absolute Gasteiger partial charge is 0.311 e. The molecule has 9 nitrogen and oxygen atoms in total. The molecule has 1 N–H and O–H groups in total. The van der Waals surface area contributed by atoms with Crippen molar-refractivity contribution in [3.8, 4) is 0 Å². The highest BCUT2D eigenvalue weighted by Gasteiger charge is 2.77. The molecular formula is C29H45N3O6S. The van der Waals surface area contributed by atoms with Crippen LogP contribution in [0.15, 0.2) is 25.3 Å². The second-order valence-corrected chi connectivity index (χ2v) is 13.3. The quantitative estimate of drug-likeness (QED) is 0.268. The fraction of sp³-hybridized carbons (Fsp3) is 0.759. The summed E-state index contributed by atoms with van der Waals surface area (Å²) in [5, 5.41) is 10.4. The second-order valence-electron chi connectivity index (χ2n) is 11.7. The van der Waals surface area contributed by atoms with E-state index in [4.69, 9.17) is 9.47 Å². The first kappa shape index (κ1) is 30.1. The molecule has 2 amide bonds. The van der Waals surface area contributed by atoms with Crippen molar-refractivity contribution >= 4 is 29.5 Å². The number of hydrogen-bond donors (Lipinski definition) is 1. The van der Waals surface area contributed by atoms with Crippen LogP contribution in [0.3, 0.4) is 0 Å². The predicted octanol–water partition coefficient (Wildman–Crippen LogP) is 1.81. The molecule has 10 heteroatoms. The summed E-state index contributed by atoms with van der Waals surface area (Å²) >= 11 is 1.63. The van der Waals surface area contributed by atoms with Gasteiger partial charge < -0.3 is 24.4 Å². The highest BCUT2D eigenvalue weighted by Crippen LogP contribution is 2.69. The van der Waals surface area contributed by atoms with Crippen LogP contribution in [-0.2, 0) is 23.9 Å². The molecule has 218 valence electrons. The van der Waals surface area contributed by atoms with Crippen LogP contribution in [0.2, 0.25) is 0 Å². The van der Waals surface area contributed by atoms with Crippen molar-refractivity contribution in [2.75, 3.05) is 59.2 Å². The van der Waals surface area contributed by atoms with E-state index in [0.29, 0.717) is 39.3 Å². The Morgan fingerprint density at radius 1 is 1.28 bits per heavy atom. The number of likely N-dealkylation sites (tertiary alicyclic amines) is 1. The van der Waals surface area contributed by atoms with E-state index in [1.165, 1.54) is 6.08 Å². The van der Waals surface area contributed by atoms with Crippen molar-refractivity contribution in [2.24, 2.45) is 23.7 Å². The van der Waals surface area contributed by atoms with Gasteiger partial charge in [0, 0.05) is 38.0 Å². The van der Waals surface area contributed by atoms with Gasteiger partial charge in [-0.1, -0.05) is 39.5 Å². The van der Waals surface area contributed by atoms with Crippen molar-refractivity contribution in [1.82, 2.24) is 14.7 Å². The van der Waals surface area contributed by atoms with Gasteiger partial charge in [0.1, 0.15) is 12.6 Å². The number of aliphatic hydroxyl groups excluding tert-OH is 1. The highest BCUT2D eigenvalue weighted by atomic mass is 32.2. The molecule has 0 aromatic carbocycles. The summed E-state index contributed by atoms with van der Waals surface area (Å²) in [4.78, 5) is 48.0. The number of morpholine rings is 1. The zero-order chi connectivity index (χ0) is 28.3. The van der Waals surface area contributed by atoms with E-state index in [9.17, 15) is 19.5 Å². The molecule has 0 saturated carbocycles. The van der Waals surface area contributed by atoms with E-state index in [2.05, 4.69) is 25.0 Å². The van der Waals surface area contributed by atoms with E-state index in [1.807, 2.05) is 13.8 Å². The summed E-state index contributed by atoms with van der Waals surface area (Å²) in [7, 11) is 0. The van der Waals surface area contributed by atoms with Crippen molar-refractivity contribution in [3.05, 3.63) is 25.3 Å². The third-order valence-corrected chi connectivity index (χ3v) is 10.9. The summed E-state index contributed by atoms with van der Waals surface area (Å²) < 4.78 is 10.2. The van der Waals surface area contributed by atoms with Crippen molar-refractivity contribution in [1.29, 1.82) is 0 Å². The molecule has 4 aliphatic rings. The maximum atomic E-state index is 14.6. The van der Waals surface area contributed by atoms with E-state index < -0.39 is 34.6 Å². The van der Waals surface area contributed by atoms with Gasteiger partial charge in [-0.15, -0.1) is 18.3 Å². The monoisotopic (exact) mass is 563 g/mol. The highest BCUT2D eigenvalue weighted by molar-refractivity contribution is 8.02. The molecule has 0 aliphatic carbocycles. The fourth-order valence-corrected chi connectivity index (χ4v) is 9.56. The number of ether oxygens (including phenoxy) is 2. The van der Waals surface area contributed by atoms with Gasteiger partial charge in [0.25, 0.3) is 0 Å². The average molecular weight is 564 g/mol.